The third-order valence-corrected chi connectivity index (χ3v) is 4.63. The van der Waals surface area contributed by atoms with Gasteiger partial charge in [-0.1, -0.05) is 17.7 Å². The van der Waals surface area contributed by atoms with Crippen LogP contribution in [-0.4, -0.2) is 26.5 Å². The van der Waals surface area contributed by atoms with E-state index < -0.39 is 15.8 Å². The van der Waals surface area contributed by atoms with Gasteiger partial charge in [0.2, 0.25) is 0 Å². The minimum absolute atomic E-state index is 0.211. The summed E-state index contributed by atoms with van der Waals surface area (Å²) in [5, 5.41) is 0. The van der Waals surface area contributed by atoms with Crippen LogP contribution in [0.15, 0.2) is 47.5 Å². The van der Waals surface area contributed by atoms with Gasteiger partial charge in [0, 0.05) is 6.20 Å². The van der Waals surface area contributed by atoms with Crippen LogP contribution in [0.1, 0.15) is 21.6 Å². The second-order valence-electron chi connectivity index (χ2n) is 4.60. The first-order valence-corrected chi connectivity index (χ1v) is 7.90. The number of pyridine rings is 1. The molecule has 110 valence electrons. The van der Waals surface area contributed by atoms with Crippen molar-refractivity contribution in [3.8, 4) is 0 Å². The van der Waals surface area contributed by atoms with E-state index in [4.69, 9.17) is 0 Å². The fourth-order valence-electron chi connectivity index (χ4n) is 1.77. The fourth-order valence-corrected chi connectivity index (χ4v) is 3.05. The van der Waals surface area contributed by atoms with Crippen LogP contribution < -0.4 is 0 Å². The van der Waals surface area contributed by atoms with Gasteiger partial charge in [-0.05, 0) is 31.2 Å². The van der Waals surface area contributed by atoms with Crippen molar-refractivity contribution in [1.29, 1.82) is 0 Å². The topological polar surface area (TPSA) is 73.3 Å². The molecule has 5 nitrogen and oxygen atoms in total. The molecule has 0 fully saturated rings. The highest BCUT2D eigenvalue weighted by Crippen LogP contribution is 2.16. The van der Waals surface area contributed by atoms with Gasteiger partial charge in [0.15, 0.2) is 9.84 Å². The van der Waals surface area contributed by atoms with E-state index in [0.717, 1.165) is 5.56 Å². The van der Waals surface area contributed by atoms with Crippen molar-refractivity contribution < 1.29 is 17.9 Å². The Morgan fingerprint density at radius 1 is 1.14 bits per heavy atom. The number of esters is 1. The third kappa shape index (κ3) is 3.66. The van der Waals surface area contributed by atoms with Crippen molar-refractivity contribution in [3.05, 3.63) is 59.4 Å². The zero-order valence-electron chi connectivity index (χ0n) is 11.7. The normalized spacial score (nSPS) is 11.1. The first kappa shape index (κ1) is 15.2. The Morgan fingerprint density at radius 3 is 2.33 bits per heavy atom. The summed E-state index contributed by atoms with van der Waals surface area (Å²) in [4.78, 5) is 15.5. The van der Waals surface area contributed by atoms with Gasteiger partial charge < -0.3 is 4.74 Å². The van der Waals surface area contributed by atoms with Gasteiger partial charge in [0.1, 0.15) is 0 Å². The van der Waals surface area contributed by atoms with Crippen LogP contribution in [0.25, 0.3) is 0 Å². The Labute approximate surface area is 123 Å². The Kier molecular flexibility index (Phi) is 4.37. The maximum atomic E-state index is 12.3. The average Bonchev–Trinajstić information content (AvgIpc) is 2.47. The van der Waals surface area contributed by atoms with Crippen LogP contribution >= 0.6 is 0 Å². The molecule has 2 rings (SSSR count). The van der Waals surface area contributed by atoms with Crippen LogP contribution in [0.2, 0.25) is 0 Å². The monoisotopic (exact) mass is 305 g/mol. The van der Waals surface area contributed by atoms with E-state index in [1.165, 1.54) is 25.4 Å². The summed E-state index contributed by atoms with van der Waals surface area (Å²) in [6.07, 6.45) is 1.31. The molecule has 1 aromatic carbocycles. The Bertz CT molecular complexity index is 734. The molecule has 0 saturated carbocycles. The standard InChI is InChI=1S/C15H15NO4S/c1-11-3-7-14(8-4-11)21(18,19)10-13-6-5-12(9-16-13)15(17)20-2/h3-9H,10H2,1-2H3. The van der Waals surface area contributed by atoms with Crippen molar-refractivity contribution in [2.75, 3.05) is 7.11 Å². The molecule has 0 radical (unpaired) electrons. The maximum absolute atomic E-state index is 12.3. The summed E-state index contributed by atoms with van der Waals surface area (Å²) >= 11 is 0. The van der Waals surface area contributed by atoms with Crippen LogP contribution in [0.3, 0.4) is 0 Å². The molecule has 6 heteroatoms. The molecule has 0 saturated heterocycles. The van der Waals surface area contributed by atoms with E-state index in [9.17, 15) is 13.2 Å². The lowest BCUT2D eigenvalue weighted by atomic mass is 10.2. The van der Waals surface area contributed by atoms with Gasteiger partial charge in [-0.3, -0.25) is 4.98 Å². The Morgan fingerprint density at radius 2 is 1.81 bits per heavy atom. The Balaban J connectivity index is 2.20. The average molecular weight is 305 g/mol. The van der Waals surface area contributed by atoms with Gasteiger partial charge in [-0.25, -0.2) is 13.2 Å². The predicted molar refractivity (Wildman–Crippen MR) is 77.6 cm³/mol. The van der Waals surface area contributed by atoms with E-state index in [1.54, 1.807) is 24.3 Å². The smallest absolute Gasteiger partial charge is 0.339 e. The molecule has 21 heavy (non-hydrogen) atoms. The summed E-state index contributed by atoms with van der Waals surface area (Å²) in [6, 6.07) is 9.67. The molecule has 0 bridgehead atoms. The molecule has 0 N–H and O–H groups in total. The van der Waals surface area contributed by atoms with E-state index in [2.05, 4.69) is 9.72 Å². The van der Waals surface area contributed by atoms with Crippen molar-refractivity contribution in [2.45, 2.75) is 17.6 Å². The number of hydrogen-bond donors (Lipinski definition) is 0. The number of benzene rings is 1. The molecule has 0 atom stereocenters. The number of carbonyl (C=O) groups excluding carboxylic acids is 1. The van der Waals surface area contributed by atoms with Gasteiger partial charge in [-0.15, -0.1) is 0 Å². The Hall–Kier alpha value is -2.21. The molecular weight excluding hydrogens is 290 g/mol. The highest BCUT2D eigenvalue weighted by Gasteiger charge is 2.16. The number of aryl methyl sites for hydroxylation is 1. The summed E-state index contributed by atoms with van der Waals surface area (Å²) in [5.41, 5.74) is 1.66. The van der Waals surface area contributed by atoms with E-state index in [0.29, 0.717) is 5.69 Å². The number of ether oxygens (including phenoxy) is 1. The number of carbonyl (C=O) groups is 1. The molecule has 0 aliphatic carbocycles. The number of nitrogens with zero attached hydrogens (tertiary/aromatic N) is 1. The molecule has 0 unspecified atom stereocenters. The van der Waals surface area contributed by atoms with E-state index in [-0.39, 0.29) is 16.2 Å². The summed E-state index contributed by atoms with van der Waals surface area (Å²) in [5.74, 6) is -0.715. The second kappa shape index (κ2) is 6.05. The van der Waals surface area contributed by atoms with Crippen molar-refractivity contribution >= 4 is 15.8 Å². The number of methoxy groups -OCH3 is 1. The quantitative estimate of drug-likeness (QED) is 0.809. The lowest BCUT2D eigenvalue weighted by Crippen LogP contribution is -2.08. The lowest BCUT2D eigenvalue weighted by molar-refractivity contribution is 0.0600. The highest BCUT2D eigenvalue weighted by atomic mass is 32.2. The first-order chi connectivity index (χ1) is 9.92. The summed E-state index contributed by atoms with van der Waals surface area (Å²) in [6.45, 7) is 1.89. The van der Waals surface area contributed by atoms with E-state index in [1.807, 2.05) is 6.92 Å². The molecule has 2 aromatic rings. The molecule has 1 heterocycles. The molecule has 0 spiro atoms. The molecule has 0 aliphatic rings. The number of rotatable bonds is 4. The van der Waals surface area contributed by atoms with Gasteiger partial charge >= 0.3 is 5.97 Å². The van der Waals surface area contributed by atoms with Crippen LogP contribution in [0, 0.1) is 6.92 Å². The van der Waals surface area contributed by atoms with E-state index >= 15 is 0 Å². The largest absolute Gasteiger partial charge is 0.465 e. The highest BCUT2D eigenvalue weighted by molar-refractivity contribution is 7.90. The molecule has 1 aromatic heterocycles. The minimum atomic E-state index is -3.45. The zero-order valence-corrected chi connectivity index (χ0v) is 12.6. The summed E-state index contributed by atoms with van der Waals surface area (Å²) in [7, 11) is -2.17. The van der Waals surface area contributed by atoms with Crippen LogP contribution in [0.5, 0.6) is 0 Å². The summed E-state index contributed by atoms with van der Waals surface area (Å²) < 4.78 is 29.1. The van der Waals surface area contributed by atoms with Crippen molar-refractivity contribution in [1.82, 2.24) is 4.98 Å². The predicted octanol–water partition coefficient (Wildman–Crippen LogP) is 2.15. The maximum Gasteiger partial charge on any atom is 0.339 e. The second-order valence-corrected chi connectivity index (χ2v) is 6.59. The number of aromatic nitrogens is 1. The number of hydrogen-bond acceptors (Lipinski definition) is 5. The zero-order chi connectivity index (χ0) is 15.5. The SMILES string of the molecule is COC(=O)c1ccc(CS(=O)(=O)c2ccc(C)cc2)nc1. The first-order valence-electron chi connectivity index (χ1n) is 6.25. The van der Waals surface area contributed by atoms with Gasteiger partial charge in [-0.2, -0.15) is 0 Å². The van der Waals surface area contributed by atoms with Gasteiger partial charge in [0.05, 0.1) is 29.0 Å². The van der Waals surface area contributed by atoms with Crippen molar-refractivity contribution in [2.24, 2.45) is 0 Å². The number of sulfone groups is 1. The van der Waals surface area contributed by atoms with Crippen LogP contribution in [0.4, 0.5) is 0 Å². The third-order valence-electron chi connectivity index (χ3n) is 2.96. The lowest BCUT2D eigenvalue weighted by Gasteiger charge is -2.05. The minimum Gasteiger partial charge on any atom is -0.465 e. The molecular formula is C15H15NO4S. The fraction of sp³-hybridized carbons (Fsp3) is 0.200. The van der Waals surface area contributed by atoms with Crippen LogP contribution in [-0.2, 0) is 20.3 Å². The van der Waals surface area contributed by atoms with Gasteiger partial charge in [0.25, 0.3) is 0 Å². The molecule has 0 amide bonds. The van der Waals surface area contributed by atoms with Crippen molar-refractivity contribution in [3.63, 3.8) is 0 Å². The molecule has 0 aliphatic heterocycles.